The highest BCUT2D eigenvalue weighted by Crippen LogP contribution is 2.42. The minimum atomic E-state index is -0.808. The van der Waals surface area contributed by atoms with Gasteiger partial charge in [0.05, 0.1) is 25.3 Å². The third kappa shape index (κ3) is 6.46. The first-order chi connectivity index (χ1) is 19.3. The molecular formula is C32H36N2O6. The van der Waals surface area contributed by atoms with E-state index in [2.05, 4.69) is 0 Å². The number of aliphatic hydroxyl groups excluding tert-OH is 1. The summed E-state index contributed by atoms with van der Waals surface area (Å²) in [6, 6.07) is 21.2. The van der Waals surface area contributed by atoms with Crippen LogP contribution in [0.3, 0.4) is 0 Å². The van der Waals surface area contributed by atoms with Crippen molar-refractivity contribution in [2.45, 2.75) is 26.0 Å². The van der Waals surface area contributed by atoms with E-state index in [0.29, 0.717) is 54.7 Å². The largest absolute Gasteiger partial charge is 0.507 e. The Morgan fingerprint density at radius 2 is 1.73 bits per heavy atom. The Morgan fingerprint density at radius 1 is 0.950 bits per heavy atom. The summed E-state index contributed by atoms with van der Waals surface area (Å²) in [7, 11) is 5.34. The minimum absolute atomic E-state index is 0.0244. The maximum atomic E-state index is 13.4. The Morgan fingerprint density at radius 3 is 2.42 bits per heavy atom. The molecule has 3 aromatic carbocycles. The number of hydrogen-bond acceptors (Lipinski definition) is 7. The van der Waals surface area contributed by atoms with Crippen LogP contribution in [-0.4, -0.2) is 67.5 Å². The predicted molar refractivity (Wildman–Crippen MR) is 154 cm³/mol. The van der Waals surface area contributed by atoms with E-state index in [-0.39, 0.29) is 11.3 Å². The van der Waals surface area contributed by atoms with Gasteiger partial charge >= 0.3 is 0 Å². The zero-order valence-corrected chi connectivity index (χ0v) is 23.4. The van der Waals surface area contributed by atoms with Crippen LogP contribution in [-0.2, 0) is 16.2 Å². The summed E-state index contributed by atoms with van der Waals surface area (Å²) in [6.07, 6.45) is 0.833. The van der Waals surface area contributed by atoms with Crippen molar-refractivity contribution >= 4 is 17.4 Å². The quantitative estimate of drug-likeness (QED) is 0.194. The number of methoxy groups -OCH3 is 1. The van der Waals surface area contributed by atoms with Crippen molar-refractivity contribution in [1.29, 1.82) is 0 Å². The van der Waals surface area contributed by atoms with Crippen molar-refractivity contribution in [3.05, 3.63) is 95.1 Å². The van der Waals surface area contributed by atoms with Crippen molar-refractivity contribution in [2.24, 2.45) is 0 Å². The van der Waals surface area contributed by atoms with Crippen LogP contribution in [0.4, 0.5) is 0 Å². The molecule has 0 bridgehead atoms. The molecule has 1 aliphatic rings. The Balaban J connectivity index is 1.75. The number of likely N-dealkylation sites (tertiary alicyclic amines) is 1. The standard InChI is InChI=1S/C32H36N2O6/c1-5-18-39-25-13-9-12-24(19-25)30(35)28-29(34(17-16-33(2)3)32(37)31(28)36)23-14-15-26(27(20-23)38-4)40-21-22-10-7-6-8-11-22/h6-15,19-20,29,35H,5,16-18,21H2,1-4H3. The van der Waals surface area contributed by atoms with E-state index in [0.717, 1.165) is 12.0 Å². The molecule has 3 aromatic rings. The van der Waals surface area contributed by atoms with Gasteiger partial charge < -0.3 is 29.1 Å². The van der Waals surface area contributed by atoms with Crippen molar-refractivity contribution in [3.63, 3.8) is 0 Å². The highest BCUT2D eigenvalue weighted by molar-refractivity contribution is 6.46. The number of carbonyl (C=O) groups is 2. The van der Waals surface area contributed by atoms with E-state index in [4.69, 9.17) is 14.2 Å². The topological polar surface area (TPSA) is 88.5 Å². The van der Waals surface area contributed by atoms with Gasteiger partial charge in [-0.15, -0.1) is 0 Å². The van der Waals surface area contributed by atoms with Gasteiger partial charge in [0.2, 0.25) is 0 Å². The Labute approximate surface area is 235 Å². The molecule has 1 atom stereocenters. The van der Waals surface area contributed by atoms with Gasteiger partial charge in [-0.1, -0.05) is 55.5 Å². The average Bonchev–Trinajstić information content (AvgIpc) is 3.23. The summed E-state index contributed by atoms with van der Waals surface area (Å²) in [5.41, 5.74) is 2.06. The highest BCUT2D eigenvalue weighted by atomic mass is 16.5. The first kappa shape index (κ1) is 28.7. The van der Waals surface area contributed by atoms with E-state index in [1.807, 2.05) is 56.3 Å². The minimum Gasteiger partial charge on any atom is -0.507 e. The molecular weight excluding hydrogens is 508 g/mol. The van der Waals surface area contributed by atoms with Crippen molar-refractivity contribution in [2.75, 3.05) is 40.9 Å². The molecule has 0 radical (unpaired) electrons. The number of Topliss-reactive ketones (excluding diaryl/α,β-unsaturated/α-hetero) is 1. The lowest BCUT2D eigenvalue weighted by molar-refractivity contribution is -0.140. The van der Waals surface area contributed by atoms with Crippen LogP contribution in [0.25, 0.3) is 5.76 Å². The number of carbonyl (C=O) groups excluding carboxylic acids is 2. The molecule has 40 heavy (non-hydrogen) atoms. The first-order valence-electron chi connectivity index (χ1n) is 13.3. The molecule has 0 spiro atoms. The SMILES string of the molecule is CCCOc1cccc(C(O)=C2C(=O)C(=O)N(CCN(C)C)C2c2ccc(OCc3ccccc3)c(OC)c2)c1. The van der Waals surface area contributed by atoms with Crippen LogP contribution >= 0.6 is 0 Å². The van der Waals surface area contributed by atoms with E-state index in [1.165, 1.54) is 4.90 Å². The van der Waals surface area contributed by atoms with Crippen LogP contribution in [0.5, 0.6) is 17.2 Å². The van der Waals surface area contributed by atoms with Crippen LogP contribution in [0.1, 0.15) is 36.1 Å². The smallest absolute Gasteiger partial charge is 0.295 e. The number of ketones is 1. The summed E-state index contributed by atoms with van der Waals surface area (Å²) < 4.78 is 17.4. The normalized spacial score (nSPS) is 16.4. The Hall–Kier alpha value is -4.30. The Kier molecular flexibility index (Phi) is 9.45. The molecule has 1 saturated heterocycles. The monoisotopic (exact) mass is 544 g/mol. The predicted octanol–water partition coefficient (Wildman–Crippen LogP) is 5.05. The molecule has 0 saturated carbocycles. The first-order valence-corrected chi connectivity index (χ1v) is 13.3. The Bertz CT molecular complexity index is 1370. The van der Waals surface area contributed by atoms with Crippen LogP contribution < -0.4 is 14.2 Å². The molecule has 0 aliphatic carbocycles. The van der Waals surface area contributed by atoms with E-state index < -0.39 is 17.7 Å². The summed E-state index contributed by atoms with van der Waals surface area (Å²) in [4.78, 5) is 30.1. The number of amides is 1. The summed E-state index contributed by atoms with van der Waals surface area (Å²) in [5, 5.41) is 11.4. The maximum Gasteiger partial charge on any atom is 0.295 e. The number of rotatable bonds is 12. The second-order valence-corrected chi connectivity index (χ2v) is 9.86. The lowest BCUT2D eigenvalue weighted by Crippen LogP contribution is -2.35. The van der Waals surface area contributed by atoms with Crippen LogP contribution in [0, 0.1) is 0 Å². The lowest BCUT2D eigenvalue weighted by Gasteiger charge is -2.27. The molecule has 0 aromatic heterocycles. The lowest BCUT2D eigenvalue weighted by atomic mass is 9.95. The fourth-order valence-corrected chi connectivity index (χ4v) is 4.58. The zero-order valence-electron chi connectivity index (χ0n) is 23.4. The maximum absolute atomic E-state index is 13.4. The molecule has 210 valence electrons. The molecule has 1 amide bonds. The number of ether oxygens (including phenoxy) is 3. The zero-order chi connectivity index (χ0) is 28.6. The van der Waals surface area contributed by atoms with Crippen LogP contribution in [0.2, 0.25) is 0 Å². The number of likely N-dealkylation sites (N-methyl/N-ethyl adjacent to an activating group) is 1. The fourth-order valence-electron chi connectivity index (χ4n) is 4.58. The van der Waals surface area contributed by atoms with Gasteiger partial charge in [0.25, 0.3) is 11.7 Å². The molecule has 8 heteroatoms. The summed E-state index contributed by atoms with van der Waals surface area (Å²) in [5.74, 6) is -0.0747. The average molecular weight is 545 g/mol. The van der Waals surface area contributed by atoms with Gasteiger partial charge in [-0.05, 0) is 55.9 Å². The van der Waals surface area contributed by atoms with Gasteiger partial charge in [-0.25, -0.2) is 0 Å². The van der Waals surface area contributed by atoms with Gasteiger partial charge in [-0.2, -0.15) is 0 Å². The van der Waals surface area contributed by atoms with Gasteiger partial charge in [0, 0.05) is 18.7 Å². The summed E-state index contributed by atoms with van der Waals surface area (Å²) >= 11 is 0. The number of benzene rings is 3. The van der Waals surface area contributed by atoms with Crippen molar-refractivity contribution in [1.82, 2.24) is 9.80 Å². The molecule has 1 fully saturated rings. The molecule has 8 nitrogen and oxygen atoms in total. The third-order valence-corrected chi connectivity index (χ3v) is 6.65. The molecule has 1 aliphatic heterocycles. The van der Waals surface area contributed by atoms with Gasteiger partial charge in [-0.3, -0.25) is 9.59 Å². The second kappa shape index (κ2) is 13.2. The number of hydrogen-bond donors (Lipinski definition) is 1. The molecule has 1 heterocycles. The number of aliphatic hydroxyl groups is 1. The third-order valence-electron chi connectivity index (χ3n) is 6.65. The van der Waals surface area contributed by atoms with Crippen molar-refractivity contribution < 1.29 is 28.9 Å². The highest BCUT2D eigenvalue weighted by Gasteiger charge is 2.46. The number of nitrogens with zero attached hydrogens (tertiary/aromatic N) is 2. The molecule has 1 unspecified atom stereocenters. The molecule has 4 rings (SSSR count). The fraction of sp³-hybridized carbons (Fsp3) is 0.312. The van der Waals surface area contributed by atoms with Crippen LogP contribution in [0.15, 0.2) is 78.4 Å². The van der Waals surface area contributed by atoms with E-state index >= 15 is 0 Å². The van der Waals surface area contributed by atoms with Crippen molar-refractivity contribution in [3.8, 4) is 17.2 Å². The van der Waals surface area contributed by atoms with E-state index in [9.17, 15) is 14.7 Å². The summed E-state index contributed by atoms with van der Waals surface area (Å²) in [6.45, 7) is 3.73. The van der Waals surface area contributed by atoms with E-state index in [1.54, 1.807) is 49.6 Å². The van der Waals surface area contributed by atoms with Gasteiger partial charge in [0.15, 0.2) is 11.5 Å². The molecule has 1 N–H and O–H groups in total. The van der Waals surface area contributed by atoms with Gasteiger partial charge in [0.1, 0.15) is 18.1 Å². The second-order valence-electron chi connectivity index (χ2n) is 9.86.